The lowest BCUT2D eigenvalue weighted by Gasteiger charge is -2.26. The lowest BCUT2D eigenvalue weighted by atomic mass is 10.1. The molecule has 1 aliphatic rings. The van der Waals surface area contributed by atoms with Crippen molar-refractivity contribution in [3.05, 3.63) is 39.9 Å². The van der Waals surface area contributed by atoms with Crippen LogP contribution in [-0.2, 0) is 11.3 Å². The average molecular weight is 222 g/mol. The summed E-state index contributed by atoms with van der Waals surface area (Å²) in [6.45, 7) is 3.72. The Hall–Kier alpha value is -1.46. The van der Waals surface area contributed by atoms with Crippen LogP contribution in [0.3, 0.4) is 0 Å². The van der Waals surface area contributed by atoms with Gasteiger partial charge in [-0.25, -0.2) is 0 Å². The third kappa shape index (κ3) is 2.56. The third-order valence-electron chi connectivity index (χ3n) is 2.69. The molecule has 0 saturated carbocycles. The topological polar surface area (TPSA) is 55.6 Å². The van der Waals surface area contributed by atoms with Crippen molar-refractivity contribution < 1.29 is 9.66 Å². The first-order chi connectivity index (χ1) is 7.77. The molecular weight excluding hydrogens is 208 g/mol. The number of hydrogen-bond acceptors (Lipinski definition) is 4. The van der Waals surface area contributed by atoms with Gasteiger partial charge in [0.05, 0.1) is 18.1 Å². The van der Waals surface area contributed by atoms with Crippen molar-refractivity contribution in [2.75, 3.05) is 26.3 Å². The van der Waals surface area contributed by atoms with Crippen molar-refractivity contribution in [3.63, 3.8) is 0 Å². The van der Waals surface area contributed by atoms with Gasteiger partial charge in [-0.05, 0) is 0 Å². The highest BCUT2D eigenvalue weighted by molar-refractivity contribution is 5.39. The molecular formula is C11H14N2O3. The van der Waals surface area contributed by atoms with E-state index in [0.29, 0.717) is 19.8 Å². The van der Waals surface area contributed by atoms with E-state index < -0.39 is 0 Å². The molecule has 0 spiro atoms. The van der Waals surface area contributed by atoms with Crippen LogP contribution < -0.4 is 0 Å². The molecule has 5 heteroatoms. The first kappa shape index (κ1) is 11.0. The van der Waals surface area contributed by atoms with Crippen LogP contribution in [0, 0.1) is 10.1 Å². The van der Waals surface area contributed by atoms with Gasteiger partial charge in [0.1, 0.15) is 0 Å². The summed E-state index contributed by atoms with van der Waals surface area (Å²) in [4.78, 5) is 12.7. The average Bonchev–Trinajstić information content (AvgIpc) is 2.31. The largest absolute Gasteiger partial charge is 0.379 e. The van der Waals surface area contributed by atoms with Gasteiger partial charge in [0.2, 0.25) is 0 Å². The first-order valence-electron chi connectivity index (χ1n) is 5.30. The molecule has 1 saturated heterocycles. The fraction of sp³-hybridized carbons (Fsp3) is 0.455. The van der Waals surface area contributed by atoms with Gasteiger partial charge >= 0.3 is 0 Å². The van der Waals surface area contributed by atoms with Gasteiger partial charge in [0, 0.05) is 31.3 Å². The van der Waals surface area contributed by atoms with E-state index in [0.717, 1.165) is 18.7 Å². The number of morpholine rings is 1. The molecule has 0 aliphatic carbocycles. The van der Waals surface area contributed by atoms with Crippen molar-refractivity contribution in [1.29, 1.82) is 0 Å². The summed E-state index contributed by atoms with van der Waals surface area (Å²) in [5, 5.41) is 10.8. The molecule has 0 amide bonds. The second-order valence-corrected chi connectivity index (χ2v) is 3.77. The second-order valence-electron chi connectivity index (χ2n) is 3.77. The van der Waals surface area contributed by atoms with Crippen molar-refractivity contribution in [1.82, 2.24) is 4.90 Å². The van der Waals surface area contributed by atoms with E-state index in [1.165, 1.54) is 0 Å². The zero-order chi connectivity index (χ0) is 11.4. The van der Waals surface area contributed by atoms with Crippen LogP contribution in [0.5, 0.6) is 0 Å². The van der Waals surface area contributed by atoms with Crippen LogP contribution in [0.25, 0.3) is 0 Å². The molecule has 86 valence electrons. The summed E-state index contributed by atoms with van der Waals surface area (Å²) in [5.41, 5.74) is 0.975. The maximum atomic E-state index is 10.8. The Morgan fingerprint density at radius 2 is 2.00 bits per heavy atom. The third-order valence-corrected chi connectivity index (χ3v) is 2.69. The van der Waals surface area contributed by atoms with Gasteiger partial charge in [-0.2, -0.15) is 0 Å². The summed E-state index contributed by atoms with van der Waals surface area (Å²) in [7, 11) is 0. The van der Waals surface area contributed by atoms with Crippen LogP contribution in [0.1, 0.15) is 5.56 Å². The number of nitro benzene ring substituents is 1. The molecule has 0 bridgehead atoms. The highest BCUT2D eigenvalue weighted by Gasteiger charge is 2.17. The summed E-state index contributed by atoms with van der Waals surface area (Å²) >= 11 is 0. The molecule has 0 N–H and O–H groups in total. The Bertz CT molecular complexity index is 375. The highest BCUT2D eigenvalue weighted by atomic mass is 16.6. The zero-order valence-corrected chi connectivity index (χ0v) is 8.96. The maximum Gasteiger partial charge on any atom is 0.273 e. The lowest BCUT2D eigenvalue weighted by Crippen LogP contribution is -2.35. The molecule has 0 unspecified atom stereocenters. The normalized spacial score (nSPS) is 17.2. The predicted molar refractivity (Wildman–Crippen MR) is 59.2 cm³/mol. The van der Waals surface area contributed by atoms with Crippen LogP contribution in [0.2, 0.25) is 0 Å². The summed E-state index contributed by atoms with van der Waals surface area (Å²) in [6.07, 6.45) is 0. The molecule has 1 aromatic rings. The quantitative estimate of drug-likeness (QED) is 0.573. The van der Waals surface area contributed by atoms with Crippen LogP contribution >= 0.6 is 0 Å². The minimum absolute atomic E-state index is 0.203. The molecule has 1 aromatic carbocycles. The van der Waals surface area contributed by atoms with E-state index in [-0.39, 0.29) is 10.6 Å². The lowest BCUT2D eigenvalue weighted by molar-refractivity contribution is -0.385. The highest BCUT2D eigenvalue weighted by Crippen LogP contribution is 2.19. The second kappa shape index (κ2) is 5.05. The molecule has 0 radical (unpaired) electrons. The van der Waals surface area contributed by atoms with E-state index in [2.05, 4.69) is 4.90 Å². The fourth-order valence-electron chi connectivity index (χ4n) is 1.82. The first-order valence-corrected chi connectivity index (χ1v) is 5.30. The fourth-order valence-corrected chi connectivity index (χ4v) is 1.82. The molecule has 1 heterocycles. The van der Waals surface area contributed by atoms with Crippen molar-refractivity contribution in [3.8, 4) is 0 Å². The minimum Gasteiger partial charge on any atom is -0.379 e. The van der Waals surface area contributed by atoms with E-state index in [1.54, 1.807) is 12.1 Å². The standard InChI is InChI=1S/C11H14N2O3/c14-13(15)11-4-2-1-3-10(11)9-12-5-7-16-8-6-12/h1-4H,5-9H2. The van der Waals surface area contributed by atoms with Gasteiger partial charge in [-0.1, -0.05) is 18.2 Å². The monoisotopic (exact) mass is 222 g/mol. The van der Waals surface area contributed by atoms with E-state index in [9.17, 15) is 10.1 Å². The number of nitro groups is 1. The Morgan fingerprint density at radius 3 is 2.69 bits per heavy atom. The van der Waals surface area contributed by atoms with Crippen LogP contribution in [0.4, 0.5) is 5.69 Å². The molecule has 0 aromatic heterocycles. The molecule has 2 rings (SSSR count). The van der Waals surface area contributed by atoms with Crippen molar-refractivity contribution >= 4 is 5.69 Å². The van der Waals surface area contributed by atoms with Crippen molar-refractivity contribution in [2.45, 2.75) is 6.54 Å². The van der Waals surface area contributed by atoms with E-state index in [1.807, 2.05) is 12.1 Å². The number of rotatable bonds is 3. The number of ether oxygens (including phenoxy) is 1. The van der Waals surface area contributed by atoms with Gasteiger partial charge < -0.3 is 4.74 Å². The molecule has 0 atom stereocenters. The summed E-state index contributed by atoms with van der Waals surface area (Å²) in [6, 6.07) is 6.90. The number of hydrogen-bond donors (Lipinski definition) is 0. The Kier molecular flexibility index (Phi) is 3.48. The molecule has 5 nitrogen and oxygen atoms in total. The predicted octanol–water partition coefficient (Wildman–Crippen LogP) is 1.43. The van der Waals surface area contributed by atoms with Crippen LogP contribution in [-0.4, -0.2) is 36.1 Å². The van der Waals surface area contributed by atoms with Crippen LogP contribution in [0.15, 0.2) is 24.3 Å². The van der Waals surface area contributed by atoms with Gasteiger partial charge in [0.25, 0.3) is 5.69 Å². The maximum absolute atomic E-state index is 10.8. The SMILES string of the molecule is O=[N+]([O-])c1ccccc1CN1CCOCC1. The van der Waals surface area contributed by atoms with E-state index >= 15 is 0 Å². The van der Waals surface area contributed by atoms with Gasteiger partial charge in [-0.3, -0.25) is 15.0 Å². The summed E-state index contributed by atoms with van der Waals surface area (Å²) < 4.78 is 5.24. The zero-order valence-electron chi connectivity index (χ0n) is 8.96. The van der Waals surface area contributed by atoms with Gasteiger partial charge in [-0.15, -0.1) is 0 Å². The summed E-state index contributed by atoms with van der Waals surface area (Å²) in [5.74, 6) is 0. The number of para-hydroxylation sites is 1. The molecule has 16 heavy (non-hydrogen) atoms. The minimum atomic E-state index is -0.324. The number of benzene rings is 1. The van der Waals surface area contributed by atoms with Gasteiger partial charge in [0.15, 0.2) is 0 Å². The Morgan fingerprint density at radius 1 is 1.31 bits per heavy atom. The molecule has 1 aliphatic heterocycles. The smallest absolute Gasteiger partial charge is 0.273 e. The molecule has 1 fully saturated rings. The Balaban J connectivity index is 2.10. The Labute approximate surface area is 93.8 Å². The van der Waals surface area contributed by atoms with E-state index in [4.69, 9.17) is 4.74 Å². The van der Waals surface area contributed by atoms with Crippen molar-refractivity contribution in [2.24, 2.45) is 0 Å². The number of nitrogens with zero attached hydrogens (tertiary/aromatic N) is 2.